The van der Waals surface area contributed by atoms with E-state index in [1.54, 1.807) is 9.80 Å². The van der Waals surface area contributed by atoms with Crippen LogP contribution in [0.2, 0.25) is 0 Å². The predicted octanol–water partition coefficient (Wildman–Crippen LogP) is -28.2. The fourth-order valence-corrected chi connectivity index (χ4v) is 2.46. The summed E-state index contributed by atoms with van der Waals surface area (Å²) in [6.45, 7) is 15.6. The van der Waals surface area contributed by atoms with Gasteiger partial charge in [-0.05, 0) is 39.0 Å². The SMILES string of the molecule is C1CNC1.C1CNC1.[Cl-].[Cl-].[Cl-].[Cl-].[Li+].[Li+].[Li+].[Li+].[NH3+]CCC[NH+]1CCC1.[NH3+]CCC[NH+]1CCC1. The largest absolute Gasteiger partial charge is 1.00 e. The Morgan fingerprint density at radius 1 is 0.500 bits per heavy atom. The molecule has 4 saturated heterocycles. The van der Waals surface area contributed by atoms with Gasteiger partial charge in [0.25, 0.3) is 0 Å². The molecule has 0 aromatic heterocycles. The second kappa shape index (κ2) is 44.3. The van der Waals surface area contributed by atoms with Crippen molar-refractivity contribution in [3.05, 3.63) is 0 Å². The van der Waals surface area contributed by atoms with Crippen LogP contribution in [0, 0.1) is 0 Å². The molecule has 10 N–H and O–H groups in total. The van der Waals surface area contributed by atoms with Crippen molar-refractivity contribution >= 4 is 0 Å². The molecule has 0 spiro atoms. The van der Waals surface area contributed by atoms with E-state index in [4.69, 9.17) is 0 Å². The molecule has 0 atom stereocenters. The van der Waals surface area contributed by atoms with E-state index in [1.165, 1.54) is 104 Å². The number of hydrogen-bond acceptors (Lipinski definition) is 2. The van der Waals surface area contributed by atoms with Crippen LogP contribution in [0.1, 0.15) is 38.5 Å². The summed E-state index contributed by atoms with van der Waals surface area (Å²) in [6, 6.07) is 0. The number of rotatable bonds is 6. The van der Waals surface area contributed by atoms with Crippen molar-refractivity contribution in [3.8, 4) is 0 Å². The topological polar surface area (TPSA) is 88.2 Å². The number of likely N-dealkylation sites (tertiary alicyclic amines) is 2. The molecule has 14 heteroatoms. The van der Waals surface area contributed by atoms with E-state index < -0.39 is 0 Å². The molecule has 4 aliphatic rings. The molecule has 4 heterocycles. The van der Waals surface area contributed by atoms with E-state index in [1.807, 2.05) is 0 Å². The molecule has 4 rings (SSSR count). The second-order valence-corrected chi connectivity index (χ2v) is 7.33. The van der Waals surface area contributed by atoms with Gasteiger partial charge in [-0.2, -0.15) is 0 Å². The van der Waals surface area contributed by atoms with Crippen molar-refractivity contribution < 1.29 is 146 Å². The molecule has 32 heavy (non-hydrogen) atoms. The molecule has 0 radical (unpaired) electrons. The molecule has 0 amide bonds. The summed E-state index contributed by atoms with van der Waals surface area (Å²) in [6.07, 6.45) is 8.31. The van der Waals surface area contributed by atoms with Crippen molar-refractivity contribution in [3.63, 3.8) is 0 Å². The van der Waals surface area contributed by atoms with Crippen LogP contribution in [0.5, 0.6) is 0 Å². The first-order valence-electron chi connectivity index (χ1n) is 10.5. The minimum Gasteiger partial charge on any atom is -1.00 e. The number of halogens is 4. The van der Waals surface area contributed by atoms with Crippen LogP contribution in [0.25, 0.3) is 0 Å². The Labute approximate surface area is 271 Å². The summed E-state index contributed by atoms with van der Waals surface area (Å²) in [5.41, 5.74) is 7.61. The third-order valence-electron chi connectivity index (χ3n) is 5.10. The smallest absolute Gasteiger partial charge is 1.00 e. The van der Waals surface area contributed by atoms with Crippen LogP contribution in [0.3, 0.4) is 0 Å². The first-order chi connectivity index (χ1) is 11.9. The van der Waals surface area contributed by atoms with Crippen molar-refractivity contribution in [2.75, 3.05) is 78.5 Å². The Bertz CT molecular complexity index is 248. The van der Waals surface area contributed by atoms with Crippen LogP contribution >= 0.6 is 0 Å². The van der Waals surface area contributed by atoms with E-state index in [-0.39, 0.29) is 125 Å². The summed E-state index contributed by atoms with van der Waals surface area (Å²) >= 11 is 0. The van der Waals surface area contributed by atoms with Crippen LogP contribution < -0.4 is 157 Å². The average molecular weight is 516 g/mol. The van der Waals surface area contributed by atoms with E-state index in [9.17, 15) is 0 Å². The normalized spacial score (nSPS) is 16.3. The summed E-state index contributed by atoms with van der Waals surface area (Å²) in [5.74, 6) is 0. The molecule has 4 fully saturated rings. The van der Waals surface area contributed by atoms with Gasteiger partial charge in [-0.3, -0.25) is 0 Å². The minimum absolute atomic E-state index is 0. The molecule has 0 aromatic carbocycles. The molecule has 0 unspecified atom stereocenters. The van der Waals surface area contributed by atoms with Crippen LogP contribution in [0.15, 0.2) is 0 Å². The molecule has 0 aliphatic carbocycles. The summed E-state index contributed by atoms with van der Waals surface area (Å²) in [7, 11) is 0. The Balaban J connectivity index is -0.0000000381. The minimum atomic E-state index is 0. The van der Waals surface area contributed by atoms with Crippen LogP contribution in [0.4, 0.5) is 0 Å². The number of quaternary nitrogens is 4. The van der Waals surface area contributed by atoms with E-state index in [0.717, 1.165) is 13.1 Å². The van der Waals surface area contributed by atoms with E-state index in [0.29, 0.717) is 0 Å². The number of nitrogens with one attached hydrogen (secondary N) is 4. The van der Waals surface area contributed by atoms with Crippen LogP contribution in [-0.4, -0.2) is 78.5 Å². The molecule has 0 aromatic rings. The molecule has 4 aliphatic heterocycles. The quantitative estimate of drug-likeness (QED) is 0.198. The molecule has 0 bridgehead atoms. The molecule has 0 saturated carbocycles. The molecular weight excluding hydrogens is 470 g/mol. The maximum atomic E-state index is 3.80. The molecule has 6 nitrogen and oxygen atoms in total. The van der Waals surface area contributed by atoms with Gasteiger partial charge in [-0.1, -0.05) is 0 Å². The summed E-state index contributed by atoms with van der Waals surface area (Å²) < 4.78 is 0. The maximum absolute atomic E-state index is 3.80. The third-order valence-corrected chi connectivity index (χ3v) is 5.10. The Morgan fingerprint density at radius 3 is 0.812 bits per heavy atom. The fraction of sp³-hybridized carbons (Fsp3) is 1.00. The molecule has 176 valence electrons. The van der Waals surface area contributed by atoms with Gasteiger partial charge in [0, 0.05) is 25.7 Å². The van der Waals surface area contributed by atoms with Gasteiger partial charge in [-0.25, -0.2) is 0 Å². The van der Waals surface area contributed by atoms with E-state index in [2.05, 4.69) is 22.1 Å². The van der Waals surface area contributed by atoms with Gasteiger partial charge in [0.05, 0.1) is 52.4 Å². The van der Waals surface area contributed by atoms with Crippen molar-refractivity contribution in [2.45, 2.75) is 38.5 Å². The predicted molar refractivity (Wildman–Crippen MR) is 100 cm³/mol. The zero-order valence-electron chi connectivity index (χ0n) is 21.7. The van der Waals surface area contributed by atoms with E-state index >= 15 is 0 Å². The summed E-state index contributed by atoms with van der Waals surface area (Å²) in [5, 5.41) is 6.22. The zero-order valence-corrected chi connectivity index (χ0v) is 24.7. The van der Waals surface area contributed by atoms with Gasteiger partial charge < -0.3 is 81.5 Å². The van der Waals surface area contributed by atoms with Gasteiger partial charge in [-0.15, -0.1) is 0 Å². The standard InChI is InChI=1S/2C6H14N2.2C3H7N.4ClH.4Li/c2*7-3-1-4-8-5-2-6-8;2*1-2-4-3-1;;;;;;;;/h2*1-7H2;2*4H,1-3H2;4*1H;;;;/q;;;;;;;;4*+1. The van der Waals surface area contributed by atoms with Crippen molar-refractivity contribution in [1.29, 1.82) is 0 Å². The Morgan fingerprint density at radius 2 is 0.719 bits per heavy atom. The number of hydrogen-bond donors (Lipinski definition) is 6. The van der Waals surface area contributed by atoms with Crippen LogP contribution in [-0.2, 0) is 0 Å². The average Bonchev–Trinajstić information content (AvgIpc) is 2.32. The molecular formula is C18H46Cl4Li4N6+4. The van der Waals surface area contributed by atoms with Gasteiger partial charge >= 0.3 is 75.4 Å². The maximum Gasteiger partial charge on any atom is 1.00 e. The summed E-state index contributed by atoms with van der Waals surface area (Å²) in [4.78, 5) is 3.57. The van der Waals surface area contributed by atoms with Gasteiger partial charge in [0.15, 0.2) is 0 Å². The van der Waals surface area contributed by atoms with Gasteiger partial charge in [0.2, 0.25) is 0 Å². The van der Waals surface area contributed by atoms with Crippen molar-refractivity contribution in [2.24, 2.45) is 0 Å². The Kier molecular flexibility index (Phi) is 77.2. The zero-order chi connectivity index (χ0) is 17.3. The van der Waals surface area contributed by atoms with Crippen molar-refractivity contribution in [1.82, 2.24) is 10.6 Å². The van der Waals surface area contributed by atoms with Gasteiger partial charge in [0.1, 0.15) is 0 Å². The first kappa shape index (κ1) is 55.7. The monoisotopic (exact) mass is 514 g/mol. The third kappa shape index (κ3) is 35.5. The second-order valence-electron chi connectivity index (χ2n) is 7.33. The fourth-order valence-electron chi connectivity index (χ4n) is 2.46. The Hall–Kier alpha value is 3.31. The first-order valence-corrected chi connectivity index (χ1v) is 10.5.